The van der Waals surface area contributed by atoms with Crippen LogP contribution in [-0.4, -0.2) is 17.9 Å². The molecular formula is C16H24ClN3O2. The highest BCUT2D eigenvalue weighted by Gasteiger charge is 2.25. The number of carbonyl (C=O) groups is 2. The summed E-state index contributed by atoms with van der Waals surface area (Å²) in [5.41, 5.74) is 7.74. The van der Waals surface area contributed by atoms with E-state index in [1.54, 1.807) is 0 Å². The lowest BCUT2D eigenvalue weighted by atomic mass is 10.00. The van der Waals surface area contributed by atoms with Crippen LogP contribution in [0.5, 0.6) is 0 Å². The molecule has 0 aromatic heterocycles. The average molecular weight is 326 g/mol. The lowest BCUT2D eigenvalue weighted by Gasteiger charge is -2.14. The maximum absolute atomic E-state index is 11.9. The van der Waals surface area contributed by atoms with E-state index < -0.39 is 0 Å². The Morgan fingerprint density at radius 3 is 2.45 bits per heavy atom. The van der Waals surface area contributed by atoms with Crippen molar-refractivity contribution in [3.8, 4) is 0 Å². The molecule has 0 heterocycles. The van der Waals surface area contributed by atoms with Crippen molar-refractivity contribution in [2.75, 3.05) is 5.32 Å². The van der Waals surface area contributed by atoms with E-state index >= 15 is 0 Å². The van der Waals surface area contributed by atoms with E-state index in [0.29, 0.717) is 18.9 Å². The zero-order valence-corrected chi connectivity index (χ0v) is 13.6. The van der Waals surface area contributed by atoms with Gasteiger partial charge in [0.1, 0.15) is 0 Å². The topological polar surface area (TPSA) is 84.2 Å². The molecule has 2 atom stereocenters. The third kappa shape index (κ3) is 5.66. The number of hydrogen-bond acceptors (Lipinski definition) is 3. The predicted octanol–water partition coefficient (Wildman–Crippen LogP) is 2.20. The van der Waals surface area contributed by atoms with Crippen LogP contribution in [0.2, 0.25) is 0 Å². The molecule has 0 unspecified atom stereocenters. The Morgan fingerprint density at radius 1 is 1.23 bits per heavy atom. The molecule has 1 aliphatic rings. The molecule has 6 heteroatoms. The number of benzene rings is 1. The Labute approximate surface area is 137 Å². The highest BCUT2D eigenvalue weighted by atomic mass is 35.5. The first-order valence-electron chi connectivity index (χ1n) is 7.43. The molecule has 4 N–H and O–H groups in total. The van der Waals surface area contributed by atoms with Crippen LogP contribution in [0.25, 0.3) is 0 Å². The number of amides is 2. The zero-order chi connectivity index (χ0) is 15.2. The van der Waals surface area contributed by atoms with Crippen molar-refractivity contribution in [2.24, 2.45) is 11.7 Å². The summed E-state index contributed by atoms with van der Waals surface area (Å²) in [5, 5.41) is 5.63. The second kappa shape index (κ2) is 8.76. The SMILES string of the molecule is CC(=O)Nc1ccc(CNC(=O)C[C@@H]2CCC[C@H]2N)cc1.Cl. The summed E-state index contributed by atoms with van der Waals surface area (Å²) >= 11 is 0. The molecule has 0 bridgehead atoms. The quantitative estimate of drug-likeness (QED) is 0.776. The van der Waals surface area contributed by atoms with Gasteiger partial charge in [-0.25, -0.2) is 0 Å². The minimum Gasteiger partial charge on any atom is -0.352 e. The summed E-state index contributed by atoms with van der Waals surface area (Å²) < 4.78 is 0. The second-order valence-corrected chi connectivity index (χ2v) is 5.71. The van der Waals surface area contributed by atoms with E-state index in [1.165, 1.54) is 6.92 Å². The molecule has 22 heavy (non-hydrogen) atoms. The van der Waals surface area contributed by atoms with Gasteiger partial charge < -0.3 is 16.4 Å². The molecule has 0 radical (unpaired) electrons. The predicted molar refractivity (Wildman–Crippen MR) is 89.8 cm³/mol. The number of nitrogens with one attached hydrogen (secondary N) is 2. The van der Waals surface area contributed by atoms with Gasteiger partial charge in [0.2, 0.25) is 11.8 Å². The fraction of sp³-hybridized carbons (Fsp3) is 0.500. The molecule has 2 amide bonds. The van der Waals surface area contributed by atoms with Gasteiger partial charge in [0.15, 0.2) is 0 Å². The summed E-state index contributed by atoms with van der Waals surface area (Å²) in [4.78, 5) is 22.8. The van der Waals surface area contributed by atoms with Gasteiger partial charge >= 0.3 is 0 Å². The third-order valence-corrected chi connectivity index (χ3v) is 3.93. The van der Waals surface area contributed by atoms with Crippen molar-refractivity contribution < 1.29 is 9.59 Å². The maximum Gasteiger partial charge on any atom is 0.221 e. The Hall–Kier alpha value is -1.59. The van der Waals surface area contributed by atoms with Gasteiger partial charge in [0.25, 0.3) is 0 Å². The monoisotopic (exact) mass is 325 g/mol. The molecule has 1 aromatic carbocycles. The number of rotatable bonds is 5. The average Bonchev–Trinajstić information content (AvgIpc) is 2.83. The largest absolute Gasteiger partial charge is 0.352 e. The first-order valence-corrected chi connectivity index (χ1v) is 7.43. The molecule has 122 valence electrons. The third-order valence-electron chi connectivity index (χ3n) is 3.93. The first-order chi connectivity index (χ1) is 10.0. The van der Waals surface area contributed by atoms with Crippen molar-refractivity contribution >= 4 is 29.9 Å². The van der Waals surface area contributed by atoms with Gasteiger partial charge in [-0.15, -0.1) is 12.4 Å². The second-order valence-electron chi connectivity index (χ2n) is 5.71. The van der Waals surface area contributed by atoms with Crippen LogP contribution in [0.3, 0.4) is 0 Å². The standard InChI is InChI=1S/C16H23N3O2.ClH/c1-11(20)19-14-7-5-12(6-8-14)10-18-16(21)9-13-3-2-4-15(13)17;/h5-8,13,15H,2-4,9-10,17H2,1H3,(H,18,21)(H,19,20);1H/t13-,15+;/m0./s1. The van der Waals surface area contributed by atoms with E-state index in [2.05, 4.69) is 10.6 Å². The minimum atomic E-state index is -0.0936. The minimum absolute atomic E-state index is 0. The van der Waals surface area contributed by atoms with Crippen molar-refractivity contribution in [3.63, 3.8) is 0 Å². The number of anilines is 1. The number of hydrogen-bond donors (Lipinski definition) is 3. The Morgan fingerprint density at radius 2 is 1.91 bits per heavy atom. The lowest BCUT2D eigenvalue weighted by Crippen LogP contribution is -2.31. The van der Waals surface area contributed by atoms with Gasteiger partial charge in [-0.3, -0.25) is 9.59 Å². The van der Waals surface area contributed by atoms with Crippen molar-refractivity contribution in [2.45, 2.75) is 45.2 Å². The summed E-state index contributed by atoms with van der Waals surface area (Å²) in [6, 6.07) is 7.62. The van der Waals surface area contributed by atoms with E-state index in [4.69, 9.17) is 5.73 Å². The molecule has 0 spiro atoms. The maximum atomic E-state index is 11.9. The van der Waals surface area contributed by atoms with Crippen molar-refractivity contribution in [1.82, 2.24) is 5.32 Å². The summed E-state index contributed by atoms with van der Waals surface area (Å²) in [7, 11) is 0. The number of nitrogens with two attached hydrogens (primary N) is 1. The molecule has 1 aliphatic carbocycles. The highest BCUT2D eigenvalue weighted by Crippen LogP contribution is 2.26. The molecule has 5 nitrogen and oxygen atoms in total. The van der Waals surface area contributed by atoms with Gasteiger partial charge in [-0.2, -0.15) is 0 Å². The first kappa shape index (κ1) is 18.5. The van der Waals surface area contributed by atoms with Gasteiger partial charge in [0, 0.05) is 31.6 Å². The molecule has 1 aromatic rings. The van der Waals surface area contributed by atoms with E-state index in [-0.39, 0.29) is 30.3 Å². The van der Waals surface area contributed by atoms with Crippen LogP contribution >= 0.6 is 12.4 Å². The molecule has 1 saturated carbocycles. The van der Waals surface area contributed by atoms with Gasteiger partial charge in [0.05, 0.1) is 0 Å². The normalized spacial score (nSPS) is 20.1. The van der Waals surface area contributed by atoms with Crippen molar-refractivity contribution in [1.29, 1.82) is 0 Å². The Balaban J connectivity index is 0.00000242. The molecular weight excluding hydrogens is 302 g/mol. The van der Waals surface area contributed by atoms with E-state index in [9.17, 15) is 9.59 Å². The summed E-state index contributed by atoms with van der Waals surface area (Å²) in [6.07, 6.45) is 3.73. The van der Waals surface area contributed by atoms with Crippen LogP contribution in [0.4, 0.5) is 5.69 Å². The molecule has 2 rings (SSSR count). The highest BCUT2D eigenvalue weighted by molar-refractivity contribution is 5.88. The summed E-state index contributed by atoms with van der Waals surface area (Å²) in [5.74, 6) is 0.291. The van der Waals surface area contributed by atoms with E-state index in [1.807, 2.05) is 24.3 Å². The van der Waals surface area contributed by atoms with Gasteiger partial charge in [-0.1, -0.05) is 18.6 Å². The molecule has 0 saturated heterocycles. The fourth-order valence-corrected chi connectivity index (χ4v) is 2.74. The lowest BCUT2D eigenvalue weighted by molar-refractivity contribution is -0.122. The molecule has 1 fully saturated rings. The van der Waals surface area contributed by atoms with Crippen molar-refractivity contribution in [3.05, 3.63) is 29.8 Å². The van der Waals surface area contributed by atoms with Crippen LogP contribution < -0.4 is 16.4 Å². The summed E-state index contributed by atoms with van der Waals surface area (Å²) in [6.45, 7) is 1.98. The molecule has 0 aliphatic heterocycles. The Kier molecular flexibility index (Phi) is 7.35. The fourth-order valence-electron chi connectivity index (χ4n) is 2.74. The van der Waals surface area contributed by atoms with Crippen LogP contribution in [0.15, 0.2) is 24.3 Å². The number of carbonyl (C=O) groups excluding carboxylic acids is 2. The van der Waals surface area contributed by atoms with Crippen LogP contribution in [-0.2, 0) is 16.1 Å². The number of halogens is 1. The Bertz CT molecular complexity index is 505. The van der Waals surface area contributed by atoms with Crippen LogP contribution in [0, 0.1) is 5.92 Å². The van der Waals surface area contributed by atoms with E-state index in [0.717, 1.165) is 30.5 Å². The van der Waals surface area contributed by atoms with Crippen LogP contribution in [0.1, 0.15) is 38.2 Å². The van der Waals surface area contributed by atoms with Gasteiger partial charge in [-0.05, 0) is 36.5 Å². The zero-order valence-electron chi connectivity index (χ0n) is 12.8. The smallest absolute Gasteiger partial charge is 0.221 e.